The van der Waals surface area contributed by atoms with Gasteiger partial charge in [0.05, 0.1) is 4.92 Å². The predicted octanol–water partition coefficient (Wildman–Crippen LogP) is 2.98. The Bertz CT molecular complexity index is 402. The van der Waals surface area contributed by atoms with Crippen molar-refractivity contribution in [1.29, 1.82) is 0 Å². The SMILES string of the molecule is Cc1ccc([C@@H](N)CC(F)F)cc1[N+](=O)[O-].Cl. The number of aryl methyl sites for hydroxylation is 1. The Labute approximate surface area is 103 Å². The van der Waals surface area contributed by atoms with Crippen LogP contribution in [-0.4, -0.2) is 11.3 Å². The lowest BCUT2D eigenvalue weighted by atomic mass is 10.0. The number of halogens is 3. The molecule has 1 aromatic carbocycles. The van der Waals surface area contributed by atoms with E-state index in [1.54, 1.807) is 6.92 Å². The van der Waals surface area contributed by atoms with Crippen LogP contribution in [-0.2, 0) is 0 Å². The number of alkyl halides is 2. The van der Waals surface area contributed by atoms with Crippen molar-refractivity contribution in [3.63, 3.8) is 0 Å². The van der Waals surface area contributed by atoms with Crippen LogP contribution >= 0.6 is 12.4 Å². The van der Waals surface area contributed by atoms with Crippen molar-refractivity contribution in [3.8, 4) is 0 Å². The molecule has 1 atom stereocenters. The maximum atomic E-state index is 12.1. The largest absolute Gasteiger partial charge is 0.324 e. The number of hydrogen-bond acceptors (Lipinski definition) is 3. The van der Waals surface area contributed by atoms with Crippen LogP contribution in [0.3, 0.4) is 0 Å². The number of benzene rings is 1. The molecule has 0 spiro atoms. The van der Waals surface area contributed by atoms with Gasteiger partial charge in [0.2, 0.25) is 6.43 Å². The summed E-state index contributed by atoms with van der Waals surface area (Å²) in [6.07, 6.45) is -3.02. The van der Waals surface area contributed by atoms with Gasteiger partial charge in [-0.3, -0.25) is 10.1 Å². The van der Waals surface area contributed by atoms with Crippen molar-refractivity contribution in [3.05, 3.63) is 39.4 Å². The Balaban J connectivity index is 0.00000256. The fourth-order valence-electron chi connectivity index (χ4n) is 1.38. The normalized spacial score (nSPS) is 12.1. The van der Waals surface area contributed by atoms with E-state index in [9.17, 15) is 18.9 Å². The highest BCUT2D eigenvalue weighted by Crippen LogP contribution is 2.25. The first-order valence-electron chi connectivity index (χ1n) is 4.70. The monoisotopic (exact) mass is 266 g/mol. The van der Waals surface area contributed by atoms with E-state index >= 15 is 0 Å². The van der Waals surface area contributed by atoms with E-state index in [1.165, 1.54) is 18.2 Å². The third-order valence-electron chi connectivity index (χ3n) is 2.29. The smallest absolute Gasteiger partial charge is 0.272 e. The molecular weight excluding hydrogens is 254 g/mol. The van der Waals surface area contributed by atoms with E-state index in [4.69, 9.17) is 5.73 Å². The molecule has 17 heavy (non-hydrogen) atoms. The zero-order chi connectivity index (χ0) is 12.3. The quantitative estimate of drug-likeness (QED) is 0.673. The van der Waals surface area contributed by atoms with E-state index in [-0.39, 0.29) is 18.1 Å². The zero-order valence-corrected chi connectivity index (χ0v) is 9.92. The Morgan fingerprint density at radius 1 is 1.47 bits per heavy atom. The molecule has 4 nitrogen and oxygen atoms in total. The first-order chi connectivity index (χ1) is 7.41. The Morgan fingerprint density at radius 2 is 2.06 bits per heavy atom. The van der Waals surface area contributed by atoms with Gasteiger partial charge in [0.15, 0.2) is 0 Å². The number of nitrogens with zero attached hydrogens (tertiary/aromatic N) is 1. The molecule has 0 heterocycles. The van der Waals surface area contributed by atoms with Crippen molar-refractivity contribution < 1.29 is 13.7 Å². The zero-order valence-electron chi connectivity index (χ0n) is 9.10. The average molecular weight is 267 g/mol. The lowest BCUT2D eigenvalue weighted by Crippen LogP contribution is -2.14. The molecule has 1 aromatic rings. The summed E-state index contributed by atoms with van der Waals surface area (Å²) < 4.78 is 24.2. The minimum Gasteiger partial charge on any atom is -0.324 e. The molecule has 0 aliphatic carbocycles. The summed E-state index contributed by atoms with van der Waals surface area (Å²) in [6.45, 7) is 1.58. The van der Waals surface area contributed by atoms with Crippen LogP contribution in [0.5, 0.6) is 0 Å². The van der Waals surface area contributed by atoms with E-state index in [0.717, 1.165) is 0 Å². The van der Waals surface area contributed by atoms with Gasteiger partial charge >= 0.3 is 0 Å². The number of rotatable bonds is 4. The van der Waals surface area contributed by atoms with E-state index in [1.807, 2.05) is 0 Å². The van der Waals surface area contributed by atoms with Crippen LogP contribution in [0.15, 0.2) is 18.2 Å². The summed E-state index contributed by atoms with van der Waals surface area (Å²) >= 11 is 0. The molecular formula is C10H13ClF2N2O2. The number of nitrogens with two attached hydrogens (primary N) is 1. The van der Waals surface area contributed by atoms with Crippen molar-refractivity contribution in [1.82, 2.24) is 0 Å². The fraction of sp³-hybridized carbons (Fsp3) is 0.400. The molecule has 7 heteroatoms. The standard InChI is InChI=1S/C10H12F2N2O2.ClH/c1-6-2-3-7(4-9(6)14(15)16)8(13)5-10(11)12;/h2-4,8,10H,5,13H2,1H3;1H/t8-;/m0./s1. The van der Waals surface area contributed by atoms with Gasteiger partial charge in [-0.1, -0.05) is 12.1 Å². The molecule has 96 valence electrons. The lowest BCUT2D eigenvalue weighted by Gasteiger charge is -2.11. The van der Waals surface area contributed by atoms with E-state index < -0.39 is 23.8 Å². The first kappa shape index (κ1) is 15.7. The first-order valence-corrected chi connectivity index (χ1v) is 4.70. The second-order valence-corrected chi connectivity index (χ2v) is 3.54. The molecule has 1 rings (SSSR count). The Morgan fingerprint density at radius 3 is 2.53 bits per heavy atom. The molecule has 0 saturated carbocycles. The summed E-state index contributed by atoms with van der Waals surface area (Å²) in [4.78, 5) is 10.1. The molecule has 2 N–H and O–H groups in total. The van der Waals surface area contributed by atoms with Gasteiger partial charge < -0.3 is 5.73 Å². The summed E-state index contributed by atoms with van der Waals surface area (Å²) in [5, 5.41) is 10.6. The van der Waals surface area contributed by atoms with Crippen molar-refractivity contribution in [2.45, 2.75) is 25.8 Å². The third kappa shape index (κ3) is 4.24. The minimum absolute atomic E-state index is 0. The van der Waals surface area contributed by atoms with Crippen LogP contribution < -0.4 is 5.73 Å². The highest BCUT2D eigenvalue weighted by molar-refractivity contribution is 5.85. The van der Waals surface area contributed by atoms with Crippen LogP contribution in [0, 0.1) is 17.0 Å². The van der Waals surface area contributed by atoms with Crippen molar-refractivity contribution in [2.75, 3.05) is 0 Å². The Kier molecular flexibility index (Phi) is 5.98. The van der Waals surface area contributed by atoms with Crippen LogP contribution in [0.25, 0.3) is 0 Å². The fourth-order valence-corrected chi connectivity index (χ4v) is 1.38. The van der Waals surface area contributed by atoms with E-state index in [2.05, 4.69) is 0 Å². The number of nitro benzene ring substituents is 1. The second kappa shape index (κ2) is 6.46. The highest BCUT2D eigenvalue weighted by atomic mass is 35.5. The Hall–Kier alpha value is -1.27. The van der Waals surface area contributed by atoms with Gasteiger partial charge in [-0.2, -0.15) is 0 Å². The van der Waals surface area contributed by atoms with Gasteiger partial charge in [0.1, 0.15) is 0 Å². The summed E-state index contributed by atoms with van der Waals surface area (Å²) in [6, 6.07) is 3.43. The van der Waals surface area contributed by atoms with Crippen molar-refractivity contribution >= 4 is 18.1 Å². The molecule has 0 aliphatic heterocycles. The van der Waals surface area contributed by atoms with Gasteiger partial charge in [-0.15, -0.1) is 12.4 Å². The lowest BCUT2D eigenvalue weighted by molar-refractivity contribution is -0.385. The average Bonchev–Trinajstić information content (AvgIpc) is 2.16. The predicted molar refractivity (Wildman–Crippen MR) is 62.6 cm³/mol. The molecule has 0 bridgehead atoms. The molecule has 0 aliphatic rings. The number of hydrogen-bond donors (Lipinski definition) is 1. The summed E-state index contributed by atoms with van der Waals surface area (Å²) in [5.41, 5.74) is 6.26. The molecule has 0 radical (unpaired) electrons. The molecule has 0 saturated heterocycles. The molecule has 0 fully saturated rings. The molecule has 0 unspecified atom stereocenters. The van der Waals surface area contributed by atoms with Crippen LogP contribution in [0.2, 0.25) is 0 Å². The highest BCUT2D eigenvalue weighted by Gasteiger charge is 2.17. The van der Waals surface area contributed by atoms with Gasteiger partial charge in [-0.25, -0.2) is 8.78 Å². The van der Waals surface area contributed by atoms with Gasteiger partial charge in [-0.05, 0) is 12.5 Å². The van der Waals surface area contributed by atoms with Crippen LogP contribution in [0.1, 0.15) is 23.6 Å². The van der Waals surface area contributed by atoms with Gasteiger partial charge in [0, 0.05) is 24.1 Å². The topological polar surface area (TPSA) is 69.2 Å². The minimum atomic E-state index is -2.52. The van der Waals surface area contributed by atoms with Crippen LogP contribution in [0.4, 0.5) is 14.5 Å². The van der Waals surface area contributed by atoms with Gasteiger partial charge in [0.25, 0.3) is 5.69 Å². The summed E-state index contributed by atoms with van der Waals surface area (Å²) in [5.74, 6) is 0. The maximum absolute atomic E-state index is 12.1. The molecule has 0 amide bonds. The summed E-state index contributed by atoms with van der Waals surface area (Å²) in [7, 11) is 0. The van der Waals surface area contributed by atoms with Crippen molar-refractivity contribution in [2.24, 2.45) is 5.73 Å². The molecule has 0 aromatic heterocycles. The number of nitro groups is 1. The third-order valence-corrected chi connectivity index (χ3v) is 2.29. The maximum Gasteiger partial charge on any atom is 0.272 e. The second-order valence-electron chi connectivity index (χ2n) is 3.54. The van der Waals surface area contributed by atoms with E-state index in [0.29, 0.717) is 11.1 Å².